The summed E-state index contributed by atoms with van der Waals surface area (Å²) in [6.07, 6.45) is -0.247. The number of carbonyl (C=O) groups is 1. The summed E-state index contributed by atoms with van der Waals surface area (Å²) in [7, 11) is -2.82. The molecule has 154 valence electrons. The molecule has 0 aliphatic carbocycles. The quantitative estimate of drug-likeness (QED) is 0.224. The molecule has 9 heteroatoms. The largest absolute Gasteiger partial charge is 0.460 e. The van der Waals surface area contributed by atoms with Gasteiger partial charge < -0.3 is 23.4 Å². The molecular weight excluding hydrogens is 384 g/mol. The van der Waals surface area contributed by atoms with Crippen molar-refractivity contribution in [3.63, 3.8) is 0 Å². The third-order valence-corrected chi connectivity index (χ3v) is 5.86. The molecule has 0 heterocycles. The van der Waals surface area contributed by atoms with Gasteiger partial charge in [0.05, 0.1) is 6.61 Å². The van der Waals surface area contributed by atoms with Crippen molar-refractivity contribution < 1.29 is 28.2 Å². The Morgan fingerprint density at radius 2 is 1.58 bits per heavy atom. The molecule has 0 amide bonds. The van der Waals surface area contributed by atoms with Crippen molar-refractivity contribution in [2.24, 2.45) is 0 Å². The minimum absolute atomic E-state index is 0.0424. The maximum absolute atomic E-state index is 11.3. The Balaban J connectivity index is 4.63. The number of aliphatic hydroxyl groups is 1. The first-order valence-corrected chi connectivity index (χ1v) is 17.0. The van der Waals surface area contributed by atoms with Crippen LogP contribution in [0.1, 0.15) is 20.3 Å². The van der Waals surface area contributed by atoms with Crippen LogP contribution in [0.2, 0.25) is 39.3 Å². The fourth-order valence-corrected chi connectivity index (χ4v) is 6.46. The zero-order valence-electron chi connectivity index (χ0n) is 18.0. The van der Waals surface area contributed by atoms with Gasteiger partial charge in [-0.1, -0.05) is 6.58 Å². The van der Waals surface area contributed by atoms with Gasteiger partial charge in [0.2, 0.25) is 0 Å². The predicted molar refractivity (Wildman–Crippen MR) is 113 cm³/mol. The zero-order valence-corrected chi connectivity index (χ0v) is 22.0. The van der Waals surface area contributed by atoms with Crippen molar-refractivity contribution in [3.05, 3.63) is 12.2 Å². The van der Waals surface area contributed by atoms with E-state index in [-0.39, 0.29) is 18.9 Å². The summed E-state index contributed by atoms with van der Waals surface area (Å²) in [5.41, 5.74) is 0.265. The lowest BCUT2D eigenvalue weighted by Gasteiger charge is -2.41. The number of hydrogen-bond acceptors (Lipinski definition) is 6. The molecular formula is C17H38O6Si3. The lowest BCUT2D eigenvalue weighted by molar-refractivity contribution is -0.145. The SMILES string of the molecule is C=C(C)C(=O)OCC(O)COC([SiH3])CC(C)(O[Si](C)(C)C)O[Si](C)(C)C. The molecule has 1 N–H and O–H groups in total. The maximum atomic E-state index is 11.3. The highest BCUT2D eigenvalue weighted by molar-refractivity contribution is 6.71. The molecule has 0 aliphatic heterocycles. The van der Waals surface area contributed by atoms with Gasteiger partial charge in [-0.25, -0.2) is 4.79 Å². The molecule has 26 heavy (non-hydrogen) atoms. The van der Waals surface area contributed by atoms with Crippen molar-refractivity contribution in [1.29, 1.82) is 0 Å². The molecule has 0 spiro atoms. The van der Waals surface area contributed by atoms with Crippen molar-refractivity contribution in [3.8, 4) is 0 Å². The monoisotopic (exact) mass is 422 g/mol. The average molecular weight is 423 g/mol. The molecule has 0 aromatic rings. The fourth-order valence-electron chi connectivity index (χ4n) is 2.60. The van der Waals surface area contributed by atoms with E-state index in [9.17, 15) is 9.90 Å². The summed E-state index contributed by atoms with van der Waals surface area (Å²) in [5.74, 6) is -1.19. The Morgan fingerprint density at radius 3 is 1.96 bits per heavy atom. The maximum Gasteiger partial charge on any atom is 0.333 e. The van der Waals surface area contributed by atoms with Crippen LogP contribution in [0.15, 0.2) is 12.2 Å². The van der Waals surface area contributed by atoms with E-state index in [1.165, 1.54) is 0 Å². The topological polar surface area (TPSA) is 74.2 Å². The van der Waals surface area contributed by atoms with Gasteiger partial charge in [-0.3, -0.25) is 0 Å². The van der Waals surface area contributed by atoms with E-state index < -0.39 is 34.5 Å². The Kier molecular flexibility index (Phi) is 10.2. The first kappa shape index (κ1) is 25.7. The smallest absolute Gasteiger partial charge is 0.333 e. The highest BCUT2D eigenvalue weighted by atomic mass is 28.4. The van der Waals surface area contributed by atoms with Crippen LogP contribution in [0.4, 0.5) is 0 Å². The molecule has 0 bridgehead atoms. The van der Waals surface area contributed by atoms with Gasteiger partial charge in [-0.05, 0) is 53.1 Å². The summed E-state index contributed by atoms with van der Waals surface area (Å²) in [6, 6.07) is 0. The first-order valence-electron chi connectivity index (χ1n) is 9.06. The van der Waals surface area contributed by atoms with Crippen LogP contribution in [0.25, 0.3) is 0 Å². The summed E-state index contributed by atoms with van der Waals surface area (Å²) >= 11 is 0. The minimum Gasteiger partial charge on any atom is -0.460 e. The molecule has 0 radical (unpaired) electrons. The predicted octanol–water partition coefficient (Wildman–Crippen LogP) is 1.98. The standard InChI is InChI=1S/C17H38O6Si3/c1-13(2)16(19)21-12-14(18)11-20-15(24)10-17(3,22-25(4,5)6)23-26(7,8)9/h14-15,18H,1,10-12H2,2-9,24H3. The Bertz CT molecular complexity index is 454. The number of ether oxygens (including phenoxy) is 2. The average Bonchev–Trinajstić information content (AvgIpc) is 2.37. The normalized spacial score (nSPS) is 15.6. The molecule has 6 nitrogen and oxygen atoms in total. The second kappa shape index (κ2) is 10.3. The van der Waals surface area contributed by atoms with Gasteiger partial charge in [-0.2, -0.15) is 0 Å². The van der Waals surface area contributed by atoms with Gasteiger partial charge >= 0.3 is 5.97 Å². The van der Waals surface area contributed by atoms with E-state index in [4.69, 9.17) is 18.3 Å². The van der Waals surface area contributed by atoms with E-state index >= 15 is 0 Å². The number of esters is 1. The Hall–Kier alpha value is -0.299. The van der Waals surface area contributed by atoms with E-state index in [1.807, 2.05) is 6.92 Å². The van der Waals surface area contributed by atoms with E-state index in [0.717, 1.165) is 10.2 Å². The van der Waals surface area contributed by atoms with Crippen molar-refractivity contribution >= 4 is 32.8 Å². The summed E-state index contributed by atoms with van der Waals surface area (Å²) < 4.78 is 23.4. The summed E-state index contributed by atoms with van der Waals surface area (Å²) in [4.78, 5) is 11.3. The van der Waals surface area contributed by atoms with Gasteiger partial charge in [0.25, 0.3) is 0 Å². The Morgan fingerprint density at radius 1 is 1.12 bits per heavy atom. The van der Waals surface area contributed by atoms with Crippen molar-refractivity contribution in [1.82, 2.24) is 0 Å². The minimum atomic E-state index is -1.80. The van der Waals surface area contributed by atoms with Gasteiger partial charge in [0.15, 0.2) is 16.6 Å². The van der Waals surface area contributed by atoms with Crippen LogP contribution < -0.4 is 0 Å². The second-order valence-electron chi connectivity index (χ2n) is 8.94. The van der Waals surface area contributed by atoms with Gasteiger partial charge in [-0.15, -0.1) is 0 Å². The molecule has 0 aromatic heterocycles. The van der Waals surface area contributed by atoms with Gasteiger partial charge in [0.1, 0.15) is 18.5 Å². The summed E-state index contributed by atoms with van der Waals surface area (Å²) in [6.45, 7) is 19.9. The molecule has 0 fully saturated rings. The van der Waals surface area contributed by atoms with Crippen LogP contribution in [0.5, 0.6) is 0 Å². The molecule has 2 unspecified atom stereocenters. The van der Waals surface area contributed by atoms with E-state index in [0.29, 0.717) is 12.0 Å². The third kappa shape index (κ3) is 13.0. The van der Waals surface area contributed by atoms with Crippen LogP contribution >= 0.6 is 0 Å². The highest BCUT2D eigenvalue weighted by Gasteiger charge is 2.38. The summed E-state index contributed by atoms with van der Waals surface area (Å²) in [5, 5.41) is 9.93. The first-order chi connectivity index (χ1) is 11.5. The van der Waals surface area contributed by atoms with E-state index in [1.54, 1.807) is 6.92 Å². The molecule has 0 saturated carbocycles. The zero-order chi connectivity index (χ0) is 20.8. The van der Waals surface area contributed by atoms with Crippen LogP contribution in [0, 0.1) is 0 Å². The van der Waals surface area contributed by atoms with Crippen LogP contribution in [-0.2, 0) is 23.1 Å². The second-order valence-corrected chi connectivity index (χ2v) is 19.1. The fraction of sp³-hybridized carbons (Fsp3) is 0.824. The molecule has 0 aromatic carbocycles. The molecule has 0 rings (SSSR count). The van der Waals surface area contributed by atoms with E-state index in [2.05, 4.69) is 45.9 Å². The lowest BCUT2D eigenvalue weighted by atomic mass is 10.2. The van der Waals surface area contributed by atoms with Crippen LogP contribution in [0.3, 0.4) is 0 Å². The van der Waals surface area contributed by atoms with Crippen molar-refractivity contribution in [2.75, 3.05) is 13.2 Å². The third-order valence-electron chi connectivity index (χ3n) is 3.03. The number of hydrogen-bond donors (Lipinski definition) is 1. The number of aliphatic hydroxyl groups excluding tert-OH is 1. The molecule has 0 saturated heterocycles. The van der Waals surface area contributed by atoms with Crippen molar-refractivity contribution in [2.45, 2.75) is 77.2 Å². The number of rotatable bonds is 12. The molecule has 2 atom stereocenters. The van der Waals surface area contributed by atoms with Crippen LogP contribution in [-0.4, -0.2) is 68.8 Å². The Labute approximate surface area is 163 Å². The molecule has 0 aliphatic rings. The lowest BCUT2D eigenvalue weighted by Crippen LogP contribution is -2.50. The number of carbonyl (C=O) groups excluding carboxylic acids is 1. The highest BCUT2D eigenvalue weighted by Crippen LogP contribution is 2.28. The van der Waals surface area contributed by atoms with Gasteiger partial charge in [0, 0.05) is 28.0 Å².